The maximum Gasteiger partial charge on any atom is 0.174 e. The molecular weight excluding hydrogens is 284 g/mol. The fourth-order valence-corrected chi connectivity index (χ4v) is 2.09. The van der Waals surface area contributed by atoms with Crippen molar-refractivity contribution in [1.29, 1.82) is 5.26 Å². The lowest BCUT2D eigenvalue weighted by atomic mass is 10.1. The summed E-state index contributed by atoms with van der Waals surface area (Å²) in [6.07, 6.45) is 0. The van der Waals surface area contributed by atoms with Gasteiger partial charge in [-0.15, -0.1) is 0 Å². The molecule has 0 aliphatic carbocycles. The Kier molecular flexibility index (Phi) is 5.62. The van der Waals surface area contributed by atoms with Crippen molar-refractivity contribution in [2.75, 3.05) is 6.61 Å². The molecule has 0 saturated heterocycles. The molecule has 108 valence electrons. The summed E-state index contributed by atoms with van der Waals surface area (Å²) in [6.45, 7) is 2.97. The first kappa shape index (κ1) is 15.4. The Labute approximate surface area is 130 Å². The van der Waals surface area contributed by atoms with Crippen molar-refractivity contribution in [2.45, 2.75) is 19.5 Å². The zero-order valence-corrected chi connectivity index (χ0v) is 12.6. The van der Waals surface area contributed by atoms with Gasteiger partial charge < -0.3 is 10.1 Å². The minimum Gasteiger partial charge on any atom is -0.479 e. The van der Waals surface area contributed by atoms with E-state index in [0.717, 1.165) is 11.6 Å². The Balaban J connectivity index is 1.89. The molecule has 0 aromatic heterocycles. The number of hydrogen-bond donors (Lipinski definition) is 1. The average Bonchev–Trinajstić information content (AvgIpc) is 2.52. The smallest absolute Gasteiger partial charge is 0.174 e. The van der Waals surface area contributed by atoms with Crippen LogP contribution in [0.15, 0.2) is 48.5 Å². The molecular formula is C17H17ClN2O. The third-order valence-corrected chi connectivity index (χ3v) is 3.46. The van der Waals surface area contributed by atoms with Crippen LogP contribution in [0.3, 0.4) is 0 Å². The zero-order chi connectivity index (χ0) is 15.1. The summed E-state index contributed by atoms with van der Waals surface area (Å²) < 4.78 is 5.24. The van der Waals surface area contributed by atoms with Crippen molar-refractivity contribution in [3.8, 4) is 11.8 Å². The molecule has 1 atom stereocenters. The van der Waals surface area contributed by atoms with E-state index < -0.39 is 0 Å². The first-order chi connectivity index (χ1) is 10.2. The van der Waals surface area contributed by atoms with Gasteiger partial charge in [0.2, 0.25) is 0 Å². The van der Waals surface area contributed by atoms with Gasteiger partial charge in [-0.25, -0.2) is 0 Å². The third kappa shape index (κ3) is 4.78. The van der Waals surface area contributed by atoms with Crippen molar-refractivity contribution < 1.29 is 4.74 Å². The highest BCUT2D eigenvalue weighted by Gasteiger charge is 2.05. The minimum absolute atomic E-state index is 0.0731. The largest absolute Gasteiger partial charge is 0.479 e. The Hall–Kier alpha value is -2.02. The molecule has 3 nitrogen and oxygen atoms in total. The van der Waals surface area contributed by atoms with Crippen LogP contribution in [-0.4, -0.2) is 6.61 Å². The van der Waals surface area contributed by atoms with Gasteiger partial charge in [0.1, 0.15) is 11.8 Å². The molecule has 0 spiro atoms. The van der Waals surface area contributed by atoms with Gasteiger partial charge in [-0.05, 0) is 42.3 Å². The van der Waals surface area contributed by atoms with Crippen LogP contribution < -0.4 is 10.1 Å². The van der Waals surface area contributed by atoms with E-state index in [4.69, 9.17) is 21.6 Å². The van der Waals surface area contributed by atoms with Crippen LogP contribution in [0.1, 0.15) is 24.1 Å². The summed E-state index contributed by atoms with van der Waals surface area (Å²) >= 11 is 5.87. The van der Waals surface area contributed by atoms with E-state index >= 15 is 0 Å². The number of ether oxygens (including phenoxy) is 1. The normalized spacial score (nSPS) is 11.7. The van der Waals surface area contributed by atoms with Crippen LogP contribution in [0, 0.1) is 11.3 Å². The van der Waals surface area contributed by atoms with Gasteiger partial charge in [0.25, 0.3) is 0 Å². The van der Waals surface area contributed by atoms with E-state index in [1.807, 2.05) is 54.6 Å². The lowest BCUT2D eigenvalue weighted by molar-refractivity contribution is 0.368. The molecule has 1 unspecified atom stereocenters. The average molecular weight is 301 g/mol. The van der Waals surface area contributed by atoms with Crippen LogP contribution >= 0.6 is 11.6 Å². The molecule has 2 aromatic carbocycles. The Morgan fingerprint density at radius 2 is 1.81 bits per heavy atom. The second kappa shape index (κ2) is 7.68. The molecule has 0 aliphatic rings. The highest BCUT2D eigenvalue weighted by atomic mass is 35.5. The monoisotopic (exact) mass is 300 g/mol. The van der Waals surface area contributed by atoms with Gasteiger partial charge in [0, 0.05) is 17.6 Å². The number of halogens is 1. The van der Waals surface area contributed by atoms with Crippen molar-refractivity contribution >= 4 is 11.6 Å². The molecule has 21 heavy (non-hydrogen) atoms. The van der Waals surface area contributed by atoms with Crippen LogP contribution in [0.5, 0.6) is 5.75 Å². The van der Waals surface area contributed by atoms with Crippen molar-refractivity contribution in [3.05, 3.63) is 64.7 Å². The first-order valence-corrected chi connectivity index (χ1v) is 7.14. The Bertz CT molecular complexity index is 602. The highest BCUT2D eigenvalue weighted by Crippen LogP contribution is 2.18. The maximum atomic E-state index is 8.47. The Morgan fingerprint density at radius 3 is 2.43 bits per heavy atom. The van der Waals surface area contributed by atoms with Crippen LogP contribution in [0.4, 0.5) is 0 Å². The van der Waals surface area contributed by atoms with Crippen molar-refractivity contribution in [3.63, 3.8) is 0 Å². The fourth-order valence-electron chi connectivity index (χ4n) is 1.96. The van der Waals surface area contributed by atoms with Gasteiger partial charge in [-0.1, -0.05) is 35.9 Å². The van der Waals surface area contributed by atoms with Crippen molar-refractivity contribution in [1.82, 2.24) is 5.32 Å². The molecule has 0 fully saturated rings. The lowest BCUT2D eigenvalue weighted by Crippen LogP contribution is -2.17. The number of nitriles is 1. The summed E-state index contributed by atoms with van der Waals surface area (Å²) in [6, 6.07) is 17.8. The van der Waals surface area contributed by atoms with E-state index in [9.17, 15) is 0 Å². The van der Waals surface area contributed by atoms with Gasteiger partial charge in [-0.2, -0.15) is 5.26 Å². The summed E-state index contributed by atoms with van der Waals surface area (Å²) in [5.41, 5.74) is 2.37. The molecule has 0 heterocycles. The summed E-state index contributed by atoms with van der Waals surface area (Å²) in [5, 5.41) is 12.7. The fraction of sp³-hybridized carbons (Fsp3) is 0.235. The lowest BCUT2D eigenvalue weighted by Gasteiger charge is -2.15. The predicted molar refractivity (Wildman–Crippen MR) is 84.3 cm³/mol. The van der Waals surface area contributed by atoms with Gasteiger partial charge in [-0.3, -0.25) is 0 Å². The topological polar surface area (TPSA) is 45.0 Å². The number of benzene rings is 2. The maximum absolute atomic E-state index is 8.47. The molecule has 2 aromatic rings. The molecule has 0 aliphatic heterocycles. The molecule has 0 radical (unpaired) electrons. The summed E-state index contributed by atoms with van der Waals surface area (Å²) in [4.78, 5) is 0. The second-order valence-corrected chi connectivity index (χ2v) is 5.18. The van der Waals surface area contributed by atoms with Crippen LogP contribution in [0.2, 0.25) is 5.02 Å². The predicted octanol–water partition coefficient (Wildman–Crippen LogP) is 4.09. The number of nitrogens with one attached hydrogen (secondary N) is 1. The van der Waals surface area contributed by atoms with E-state index in [2.05, 4.69) is 12.2 Å². The quantitative estimate of drug-likeness (QED) is 0.874. The first-order valence-electron chi connectivity index (χ1n) is 6.76. The number of rotatable bonds is 6. The molecule has 0 bridgehead atoms. The van der Waals surface area contributed by atoms with Crippen LogP contribution in [-0.2, 0) is 6.54 Å². The number of hydrogen-bond acceptors (Lipinski definition) is 3. The third-order valence-electron chi connectivity index (χ3n) is 3.21. The highest BCUT2D eigenvalue weighted by molar-refractivity contribution is 6.30. The standard InChI is InChI=1S/C17H17ClN2O/c1-13(20-12-14-2-6-16(18)7-3-14)15-4-8-17(9-5-15)21-11-10-19/h2-9,13,20H,11-12H2,1H3. The van der Waals surface area contributed by atoms with Crippen molar-refractivity contribution in [2.24, 2.45) is 0 Å². The van der Waals surface area contributed by atoms with E-state index in [1.165, 1.54) is 11.1 Å². The minimum atomic E-state index is 0.0731. The Morgan fingerprint density at radius 1 is 1.14 bits per heavy atom. The molecule has 0 amide bonds. The second-order valence-electron chi connectivity index (χ2n) is 4.74. The number of nitrogens with zero attached hydrogens (tertiary/aromatic N) is 1. The molecule has 1 N–H and O–H groups in total. The summed E-state index contributed by atoms with van der Waals surface area (Å²) in [7, 11) is 0. The van der Waals surface area contributed by atoms with Gasteiger partial charge in [0.05, 0.1) is 0 Å². The molecule has 4 heteroatoms. The van der Waals surface area contributed by atoms with E-state index in [-0.39, 0.29) is 12.6 Å². The summed E-state index contributed by atoms with van der Waals surface area (Å²) in [5.74, 6) is 0.713. The van der Waals surface area contributed by atoms with Crippen LogP contribution in [0.25, 0.3) is 0 Å². The SMILES string of the molecule is CC(NCc1ccc(Cl)cc1)c1ccc(OCC#N)cc1. The molecule has 0 saturated carbocycles. The van der Waals surface area contributed by atoms with E-state index in [1.54, 1.807) is 0 Å². The van der Waals surface area contributed by atoms with E-state index in [0.29, 0.717) is 5.75 Å². The van der Waals surface area contributed by atoms with Gasteiger partial charge in [0.15, 0.2) is 6.61 Å². The molecule has 2 rings (SSSR count). The van der Waals surface area contributed by atoms with Gasteiger partial charge >= 0.3 is 0 Å². The zero-order valence-electron chi connectivity index (χ0n) is 11.8.